The molecule has 0 spiro atoms. The van der Waals surface area contributed by atoms with Crippen molar-refractivity contribution in [3.63, 3.8) is 0 Å². The maximum Gasteiger partial charge on any atom is 0.338 e. The van der Waals surface area contributed by atoms with Crippen LogP contribution in [0.3, 0.4) is 0 Å². The molecule has 2 aromatic carbocycles. The SMILES string of the molecule is Cc1cccc(NC(=O)N2CCCC(C(=O)ON3C(=O)c4ccccc4C3=O)C2)c1. The lowest BCUT2D eigenvalue weighted by Gasteiger charge is -2.31. The van der Waals surface area contributed by atoms with Crippen molar-refractivity contribution in [3.05, 3.63) is 65.2 Å². The van der Waals surface area contributed by atoms with Crippen LogP contribution in [0.25, 0.3) is 0 Å². The van der Waals surface area contributed by atoms with E-state index in [1.807, 2.05) is 25.1 Å². The number of likely N-dealkylation sites (tertiary alicyclic amines) is 1. The lowest BCUT2D eigenvalue weighted by Crippen LogP contribution is -2.46. The van der Waals surface area contributed by atoms with Gasteiger partial charge in [-0.25, -0.2) is 9.59 Å². The second kappa shape index (κ2) is 7.98. The van der Waals surface area contributed by atoms with Crippen LogP contribution in [0.5, 0.6) is 0 Å². The summed E-state index contributed by atoms with van der Waals surface area (Å²) < 4.78 is 0. The number of urea groups is 1. The Labute approximate surface area is 173 Å². The van der Waals surface area contributed by atoms with E-state index in [0.717, 1.165) is 5.56 Å². The fourth-order valence-corrected chi connectivity index (χ4v) is 3.69. The van der Waals surface area contributed by atoms with Gasteiger partial charge in [0.1, 0.15) is 0 Å². The molecule has 1 fully saturated rings. The van der Waals surface area contributed by atoms with E-state index in [1.165, 1.54) is 12.1 Å². The van der Waals surface area contributed by atoms with E-state index >= 15 is 0 Å². The monoisotopic (exact) mass is 407 g/mol. The highest BCUT2D eigenvalue weighted by Crippen LogP contribution is 2.25. The van der Waals surface area contributed by atoms with Gasteiger partial charge >= 0.3 is 12.0 Å². The summed E-state index contributed by atoms with van der Waals surface area (Å²) in [5.74, 6) is -2.63. The molecule has 0 radical (unpaired) electrons. The topological polar surface area (TPSA) is 96.0 Å². The highest BCUT2D eigenvalue weighted by Gasteiger charge is 2.40. The molecule has 2 aliphatic heterocycles. The largest absolute Gasteiger partial charge is 0.338 e. The molecule has 0 aromatic heterocycles. The van der Waals surface area contributed by atoms with Gasteiger partial charge in [0.25, 0.3) is 11.8 Å². The number of hydrogen-bond donors (Lipinski definition) is 1. The summed E-state index contributed by atoms with van der Waals surface area (Å²) in [6, 6.07) is 13.4. The van der Waals surface area contributed by atoms with Crippen LogP contribution in [-0.4, -0.2) is 46.9 Å². The highest BCUT2D eigenvalue weighted by atomic mass is 16.7. The zero-order chi connectivity index (χ0) is 21.3. The Morgan fingerprint density at radius 3 is 2.40 bits per heavy atom. The van der Waals surface area contributed by atoms with Crippen LogP contribution < -0.4 is 5.32 Å². The average molecular weight is 407 g/mol. The van der Waals surface area contributed by atoms with Crippen molar-refractivity contribution in [1.82, 2.24) is 9.96 Å². The summed E-state index contributed by atoms with van der Waals surface area (Å²) in [5, 5.41) is 3.34. The second-order valence-corrected chi connectivity index (χ2v) is 7.45. The van der Waals surface area contributed by atoms with E-state index < -0.39 is 23.7 Å². The third kappa shape index (κ3) is 3.76. The van der Waals surface area contributed by atoms with Gasteiger partial charge in [0.2, 0.25) is 0 Å². The predicted octanol–water partition coefficient (Wildman–Crippen LogP) is 2.99. The Balaban J connectivity index is 1.39. The maximum absolute atomic E-state index is 12.6. The minimum Gasteiger partial charge on any atom is -0.329 e. The minimum absolute atomic E-state index is 0.152. The van der Waals surface area contributed by atoms with Gasteiger partial charge in [0, 0.05) is 18.8 Å². The van der Waals surface area contributed by atoms with E-state index in [-0.39, 0.29) is 23.7 Å². The van der Waals surface area contributed by atoms with Gasteiger partial charge in [-0.05, 0) is 49.6 Å². The summed E-state index contributed by atoms with van der Waals surface area (Å²) in [6.07, 6.45) is 1.12. The number of carbonyl (C=O) groups excluding carboxylic acids is 4. The Morgan fingerprint density at radius 1 is 1.03 bits per heavy atom. The Morgan fingerprint density at radius 2 is 1.73 bits per heavy atom. The molecule has 1 atom stereocenters. The second-order valence-electron chi connectivity index (χ2n) is 7.45. The molecule has 0 bridgehead atoms. The van der Waals surface area contributed by atoms with Gasteiger partial charge in [-0.3, -0.25) is 9.59 Å². The number of nitrogens with one attached hydrogen (secondary N) is 1. The number of imide groups is 1. The van der Waals surface area contributed by atoms with Crippen molar-refractivity contribution in [2.24, 2.45) is 5.92 Å². The zero-order valence-electron chi connectivity index (χ0n) is 16.5. The predicted molar refractivity (Wildman–Crippen MR) is 108 cm³/mol. The third-order valence-corrected chi connectivity index (χ3v) is 5.25. The summed E-state index contributed by atoms with van der Waals surface area (Å²) in [7, 11) is 0. The molecule has 154 valence electrons. The Kier molecular flexibility index (Phi) is 5.22. The van der Waals surface area contributed by atoms with Gasteiger partial charge in [-0.1, -0.05) is 29.3 Å². The molecular weight excluding hydrogens is 386 g/mol. The highest BCUT2D eigenvalue weighted by molar-refractivity contribution is 6.20. The average Bonchev–Trinajstić information content (AvgIpc) is 2.99. The number of hydrogen-bond acceptors (Lipinski definition) is 5. The Bertz CT molecular complexity index is 1000. The van der Waals surface area contributed by atoms with Crippen molar-refractivity contribution in [2.45, 2.75) is 19.8 Å². The molecule has 2 aromatic rings. The molecule has 4 amide bonds. The van der Waals surface area contributed by atoms with Crippen molar-refractivity contribution in [2.75, 3.05) is 18.4 Å². The molecule has 30 heavy (non-hydrogen) atoms. The molecule has 1 unspecified atom stereocenters. The van der Waals surface area contributed by atoms with E-state index in [1.54, 1.807) is 23.1 Å². The molecule has 2 heterocycles. The first kappa shape index (κ1) is 19.6. The first-order valence-electron chi connectivity index (χ1n) is 9.76. The van der Waals surface area contributed by atoms with Gasteiger partial charge in [0.05, 0.1) is 17.0 Å². The summed E-state index contributed by atoms with van der Waals surface area (Å²) in [4.78, 5) is 56.7. The van der Waals surface area contributed by atoms with Crippen LogP contribution in [-0.2, 0) is 9.63 Å². The number of rotatable bonds is 3. The van der Waals surface area contributed by atoms with Crippen LogP contribution in [0.2, 0.25) is 0 Å². The molecule has 8 nitrogen and oxygen atoms in total. The van der Waals surface area contributed by atoms with E-state index in [0.29, 0.717) is 30.1 Å². The Hall–Kier alpha value is -3.68. The van der Waals surface area contributed by atoms with Crippen LogP contribution >= 0.6 is 0 Å². The maximum atomic E-state index is 12.6. The summed E-state index contributed by atoms with van der Waals surface area (Å²) in [5.41, 5.74) is 2.11. The van der Waals surface area contributed by atoms with Crippen LogP contribution in [0.1, 0.15) is 39.1 Å². The van der Waals surface area contributed by atoms with E-state index in [2.05, 4.69) is 5.32 Å². The van der Waals surface area contributed by atoms with Crippen molar-refractivity contribution in [3.8, 4) is 0 Å². The van der Waals surface area contributed by atoms with Crippen molar-refractivity contribution < 1.29 is 24.0 Å². The van der Waals surface area contributed by atoms with E-state index in [9.17, 15) is 19.2 Å². The first-order valence-corrected chi connectivity index (χ1v) is 9.76. The molecule has 1 N–H and O–H groups in total. The first-order chi connectivity index (χ1) is 14.4. The molecule has 0 aliphatic carbocycles. The minimum atomic E-state index is -0.697. The summed E-state index contributed by atoms with van der Waals surface area (Å²) >= 11 is 0. The van der Waals surface area contributed by atoms with E-state index in [4.69, 9.17) is 4.84 Å². The molecule has 8 heteroatoms. The lowest BCUT2D eigenvalue weighted by atomic mass is 9.98. The number of amides is 4. The number of aryl methyl sites for hydroxylation is 1. The number of carbonyl (C=O) groups is 4. The number of fused-ring (bicyclic) bond motifs is 1. The molecule has 2 aliphatic rings. The molecular formula is C22H21N3O5. The van der Waals surface area contributed by atoms with Crippen LogP contribution in [0.4, 0.5) is 10.5 Å². The van der Waals surface area contributed by atoms with Crippen LogP contribution in [0, 0.1) is 12.8 Å². The van der Waals surface area contributed by atoms with Crippen LogP contribution in [0.15, 0.2) is 48.5 Å². The van der Waals surface area contributed by atoms with Crippen molar-refractivity contribution in [1.29, 1.82) is 0 Å². The van der Waals surface area contributed by atoms with Gasteiger partial charge in [-0.15, -0.1) is 0 Å². The molecule has 4 rings (SSSR count). The molecule has 1 saturated heterocycles. The summed E-state index contributed by atoms with van der Waals surface area (Å²) in [6.45, 7) is 2.59. The van der Waals surface area contributed by atoms with Gasteiger partial charge < -0.3 is 15.1 Å². The fraction of sp³-hybridized carbons (Fsp3) is 0.273. The zero-order valence-corrected chi connectivity index (χ0v) is 16.5. The number of anilines is 1. The standard InChI is InChI=1S/C22H21N3O5/c1-14-6-4-8-16(12-14)23-22(29)24-11-5-7-15(13-24)21(28)30-25-19(26)17-9-2-3-10-18(17)20(25)27/h2-4,6,8-10,12,15H,5,7,11,13H2,1H3,(H,23,29). The number of piperidine rings is 1. The smallest absolute Gasteiger partial charge is 0.329 e. The van der Waals surface area contributed by atoms with Crippen molar-refractivity contribution >= 4 is 29.5 Å². The normalized spacial score (nSPS) is 18.2. The van der Waals surface area contributed by atoms with Gasteiger partial charge in [0.15, 0.2) is 0 Å². The fourth-order valence-electron chi connectivity index (χ4n) is 3.69. The number of benzene rings is 2. The lowest BCUT2D eigenvalue weighted by molar-refractivity contribution is -0.175. The van der Waals surface area contributed by atoms with Gasteiger partial charge in [-0.2, -0.15) is 0 Å². The molecule has 0 saturated carbocycles. The third-order valence-electron chi connectivity index (χ3n) is 5.25. The number of hydroxylamine groups is 2. The quantitative estimate of drug-likeness (QED) is 0.789. The number of nitrogens with zero attached hydrogens (tertiary/aromatic N) is 2.